The molecule has 1 amide bonds. The van der Waals surface area contributed by atoms with Crippen LogP contribution in [0.15, 0.2) is 59.8 Å². The zero-order valence-electron chi connectivity index (χ0n) is 20.3. The molecule has 1 unspecified atom stereocenters. The number of ether oxygens (including phenoxy) is 1. The van der Waals surface area contributed by atoms with Gasteiger partial charge >= 0.3 is 0 Å². The van der Waals surface area contributed by atoms with Crippen LogP contribution in [0.4, 0.5) is 11.4 Å². The van der Waals surface area contributed by atoms with Crippen LogP contribution in [0.2, 0.25) is 0 Å². The number of benzene rings is 2. The summed E-state index contributed by atoms with van der Waals surface area (Å²) >= 11 is 0. The van der Waals surface area contributed by atoms with Gasteiger partial charge in [0.15, 0.2) is 5.78 Å². The van der Waals surface area contributed by atoms with Crippen LogP contribution in [0.1, 0.15) is 43.9 Å². The van der Waals surface area contributed by atoms with E-state index in [9.17, 15) is 9.59 Å². The highest BCUT2D eigenvalue weighted by Gasteiger charge is 2.43. The number of fused-ring (bicyclic) bond motifs is 1. The molecule has 6 heteroatoms. The number of hydrogen-bond donors (Lipinski definition) is 1. The van der Waals surface area contributed by atoms with Crippen LogP contribution in [-0.4, -0.2) is 49.4 Å². The molecule has 1 atom stereocenters. The van der Waals surface area contributed by atoms with Gasteiger partial charge < -0.3 is 10.1 Å². The quantitative estimate of drug-likeness (QED) is 0.734. The number of rotatable bonds is 3. The lowest BCUT2D eigenvalue weighted by atomic mass is 9.73. The van der Waals surface area contributed by atoms with Crippen LogP contribution in [0, 0.1) is 12.3 Å². The first-order chi connectivity index (χ1) is 16.3. The average molecular weight is 460 g/mol. The molecule has 0 spiro atoms. The predicted molar refractivity (Wildman–Crippen MR) is 134 cm³/mol. The standard InChI is InChI=1S/C28H33N3O3/c1-19-8-10-20(11-9-19)27-26-22(16-28(2,3)17-24(26)32)29-21-6-4-5-7-23(21)31(27)25(33)18-30-12-14-34-15-13-30/h4-11,27,29H,12-18H2,1-3H3. The predicted octanol–water partition coefficient (Wildman–Crippen LogP) is 4.47. The van der Waals surface area contributed by atoms with Crippen molar-refractivity contribution < 1.29 is 14.3 Å². The molecule has 1 fully saturated rings. The molecule has 178 valence electrons. The Hall–Kier alpha value is -2.96. The van der Waals surface area contributed by atoms with Crippen molar-refractivity contribution in [1.29, 1.82) is 0 Å². The minimum Gasteiger partial charge on any atom is -0.379 e. The number of anilines is 2. The monoisotopic (exact) mass is 459 g/mol. The van der Waals surface area contributed by atoms with Crippen molar-refractivity contribution in [2.24, 2.45) is 5.41 Å². The number of carbonyl (C=O) groups excluding carboxylic acids is 2. The molecule has 2 aliphatic heterocycles. The van der Waals surface area contributed by atoms with E-state index in [2.05, 4.69) is 48.3 Å². The number of nitrogens with one attached hydrogen (secondary N) is 1. The Kier molecular flexibility index (Phi) is 6.04. The van der Waals surface area contributed by atoms with Crippen molar-refractivity contribution in [3.8, 4) is 0 Å². The summed E-state index contributed by atoms with van der Waals surface area (Å²) in [5.74, 6) is 0.106. The van der Waals surface area contributed by atoms with E-state index in [1.54, 1.807) is 0 Å². The summed E-state index contributed by atoms with van der Waals surface area (Å²) < 4.78 is 5.48. The molecular weight excluding hydrogens is 426 g/mol. The fourth-order valence-electron chi connectivity index (χ4n) is 5.35. The van der Waals surface area contributed by atoms with E-state index in [1.807, 2.05) is 36.1 Å². The SMILES string of the molecule is Cc1ccc(C2C3=C(CC(C)(C)CC3=O)Nc3ccccc3N2C(=O)CN2CCOCC2)cc1. The second kappa shape index (κ2) is 9.01. The summed E-state index contributed by atoms with van der Waals surface area (Å²) in [6, 6.07) is 15.7. The largest absolute Gasteiger partial charge is 0.379 e. The molecule has 0 radical (unpaired) electrons. The van der Waals surface area contributed by atoms with E-state index >= 15 is 0 Å². The van der Waals surface area contributed by atoms with E-state index in [-0.39, 0.29) is 17.1 Å². The average Bonchev–Trinajstić information content (AvgIpc) is 2.94. The fraction of sp³-hybridized carbons (Fsp3) is 0.429. The number of ketones is 1. The number of hydrogen-bond acceptors (Lipinski definition) is 5. The van der Waals surface area contributed by atoms with Crippen LogP contribution in [0.5, 0.6) is 0 Å². The molecule has 2 aromatic rings. The molecule has 1 N–H and O–H groups in total. The maximum absolute atomic E-state index is 14.0. The highest BCUT2D eigenvalue weighted by atomic mass is 16.5. The molecule has 1 aliphatic carbocycles. The van der Waals surface area contributed by atoms with Crippen LogP contribution in [0.25, 0.3) is 0 Å². The van der Waals surface area contributed by atoms with Crippen LogP contribution in [-0.2, 0) is 14.3 Å². The third-order valence-electron chi connectivity index (χ3n) is 7.03. The Labute approximate surface area is 201 Å². The van der Waals surface area contributed by atoms with E-state index in [0.29, 0.717) is 26.2 Å². The van der Waals surface area contributed by atoms with E-state index < -0.39 is 6.04 Å². The molecule has 1 saturated heterocycles. The first-order valence-corrected chi connectivity index (χ1v) is 12.1. The Balaban J connectivity index is 1.67. The molecule has 34 heavy (non-hydrogen) atoms. The van der Waals surface area contributed by atoms with Gasteiger partial charge in [0.2, 0.25) is 5.91 Å². The number of aryl methyl sites for hydroxylation is 1. The molecule has 0 aromatic heterocycles. The summed E-state index contributed by atoms with van der Waals surface area (Å²) in [4.78, 5) is 31.7. The molecule has 3 aliphatic rings. The second-order valence-electron chi connectivity index (χ2n) is 10.4. The number of nitrogens with zero attached hydrogens (tertiary/aromatic N) is 2. The summed E-state index contributed by atoms with van der Waals surface area (Å²) in [5.41, 5.74) is 5.29. The molecular formula is C28H33N3O3. The van der Waals surface area contributed by atoms with Crippen LogP contribution >= 0.6 is 0 Å². The minimum atomic E-state index is -0.469. The second-order valence-corrected chi connectivity index (χ2v) is 10.4. The van der Waals surface area contributed by atoms with Gasteiger partial charge in [0, 0.05) is 30.8 Å². The molecule has 6 nitrogen and oxygen atoms in total. The summed E-state index contributed by atoms with van der Waals surface area (Å²) in [7, 11) is 0. The zero-order chi connectivity index (χ0) is 23.9. The maximum atomic E-state index is 14.0. The normalized spacial score (nSPS) is 22.5. The van der Waals surface area contributed by atoms with Gasteiger partial charge in [-0.25, -0.2) is 0 Å². The van der Waals surface area contributed by atoms with Gasteiger partial charge in [0.25, 0.3) is 0 Å². The zero-order valence-corrected chi connectivity index (χ0v) is 20.3. The Bertz CT molecular complexity index is 1130. The molecule has 5 rings (SSSR count). The third kappa shape index (κ3) is 4.40. The number of carbonyl (C=O) groups is 2. The van der Waals surface area contributed by atoms with E-state index in [4.69, 9.17) is 4.74 Å². The first kappa shape index (κ1) is 22.8. The lowest BCUT2D eigenvalue weighted by Gasteiger charge is -2.38. The Morgan fingerprint density at radius 3 is 2.50 bits per heavy atom. The van der Waals surface area contributed by atoms with Crippen molar-refractivity contribution in [3.63, 3.8) is 0 Å². The van der Waals surface area contributed by atoms with E-state index in [0.717, 1.165) is 53.3 Å². The maximum Gasteiger partial charge on any atom is 0.242 e. The van der Waals surface area contributed by atoms with E-state index in [1.165, 1.54) is 0 Å². The van der Waals surface area contributed by atoms with Gasteiger partial charge in [-0.2, -0.15) is 0 Å². The first-order valence-electron chi connectivity index (χ1n) is 12.1. The van der Waals surface area contributed by atoms with Gasteiger partial charge in [0.05, 0.1) is 37.2 Å². The Morgan fingerprint density at radius 1 is 1.06 bits per heavy atom. The van der Waals surface area contributed by atoms with Crippen molar-refractivity contribution >= 4 is 23.1 Å². The van der Waals surface area contributed by atoms with Crippen molar-refractivity contribution in [1.82, 2.24) is 4.90 Å². The molecule has 0 saturated carbocycles. The Morgan fingerprint density at radius 2 is 1.76 bits per heavy atom. The van der Waals surface area contributed by atoms with Gasteiger partial charge in [-0.15, -0.1) is 0 Å². The van der Waals surface area contributed by atoms with Crippen molar-refractivity contribution in [3.05, 3.63) is 70.9 Å². The highest BCUT2D eigenvalue weighted by molar-refractivity contribution is 6.06. The lowest BCUT2D eigenvalue weighted by Crippen LogP contribution is -2.47. The highest BCUT2D eigenvalue weighted by Crippen LogP contribution is 2.48. The summed E-state index contributed by atoms with van der Waals surface area (Å²) in [6.07, 6.45) is 1.23. The third-order valence-corrected chi connectivity index (χ3v) is 7.03. The van der Waals surface area contributed by atoms with Gasteiger partial charge in [-0.05, 0) is 36.5 Å². The smallest absolute Gasteiger partial charge is 0.242 e. The topological polar surface area (TPSA) is 61.9 Å². The number of para-hydroxylation sites is 2. The fourth-order valence-corrected chi connectivity index (χ4v) is 5.35. The van der Waals surface area contributed by atoms with Gasteiger partial charge in [-0.1, -0.05) is 55.8 Å². The molecule has 0 bridgehead atoms. The van der Waals surface area contributed by atoms with Gasteiger partial charge in [0.1, 0.15) is 0 Å². The van der Waals surface area contributed by atoms with Gasteiger partial charge in [-0.3, -0.25) is 19.4 Å². The minimum absolute atomic E-state index is 0.00638. The van der Waals surface area contributed by atoms with Crippen LogP contribution in [0.3, 0.4) is 0 Å². The molecule has 2 heterocycles. The number of allylic oxidation sites excluding steroid dienone is 1. The van der Waals surface area contributed by atoms with Crippen molar-refractivity contribution in [2.45, 2.75) is 39.7 Å². The van der Waals surface area contributed by atoms with Crippen molar-refractivity contribution in [2.75, 3.05) is 43.1 Å². The van der Waals surface area contributed by atoms with Crippen LogP contribution < -0.4 is 10.2 Å². The number of morpholine rings is 1. The lowest BCUT2D eigenvalue weighted by molar-refractivity contribution is -0.121. The summed E-state index contributed by atoms with van der Waals surface area (Å²) in [6.45, 7) is 9.35. The number of amides is 1. The summed E-state index contributed by atoms with van der Waals surface area (Å²) in [5, 5.41) is 3.58. The molecule has 2 aromatic carbocycles. The number of Topliss-reactive ketones (excluding diaryl/α,β-unsaturated/α-hetero) is 1.